The number of hydrogen-bond donors (Lipinski definition) is 0. The maximum atomic E-state index is 12.0. The van der Waals surface area contributed by atoms with Gasteiger partial charge in [-0.25, -0.2) is 4.98 Å². The van der Waals surface area contributed by atoms with Crippen LogP contribution in [0.2, 0.25) is 0 Å². The van der Waals surface area contributed by atoms with Gasteiger partial charge in [0, 0.05) is 32.7 Å². The number of aromatic nitrogens is 3. The SMILES string of the molecule is Cc1cc(C)cc(-c2ccc3c(c2)c2cc(-c4cc(C)cc(C)c4)ccc2n3-c2cc(-c3cccc(-c4ccccc4)n3)cc(-n3c4ccc(-c5cc(C)cc(C)c5)cc4c4cc(-c5cc(C)cc(C)c5)ccc43)c2C#N)c1. The summed E-state index contributed by atoms with van der Waals surface area (Å²) in [4.78, 5) is 5.40. The number of fused-ring (bicyclic) bond motifs is 6. The number of hydrogen-bond acceptors (Lipinski definition) is 2. The standard InChI is InChI=1S/C74H58N4/c1-44-25-45(2)30-57(29-44)53-17-21-69-62(37-53)63-38-54(58-31-46(3)26-47(4)32-58)18-22-70(63)77(69)73-41-61(68-16-12-15-67(76-68)52-13-10-9-11-14-52)42-74(66(73)43-75)78-71-23-19-55(59-33-48(5)27-49(6)34-59)39-64(71)65-40-56(20-24-72(65)78)60-35-50(7)28-51(8)36-60/h9-42H,1-8H3. The minimum atomic E-state index is 0.559. The number of nitriles is 1. The second-order valence-electron chi connectivity index (χ2n) is 21.9. The molecule has 0 aliphatic heterocycles. The minimum absolute atomic E-state index is 0.559. The van der Waals surface area contributed by atoms with Gasteiger partial charge in [-0.05, 0) is 173 Å². The van der Waals surface area contributed by atoms with Crippen LogP contribution in [0.15, 0.2) is 206 Å². The predicted octanol–water partition coefficient (Wildman–Crippen LogP) is 19.6. The van der Waals surface area contributed by atoms with Crippen LogP contribution in [0.3, 0.4) is 0 Å². The van der Waals surface area contributed by atoms with Crippen molar-refractivity contribution in [1.82, 2.24) is 14.1 Å². The molecule has 0 aliphatic carbocycles. The van der Waals surface area contributed by atoms with Crippen molar-refractivity contribution in [3.63, 3.8) is 0 Å². The summed E-state index contributed by atoms with van der Waals surface area (Å²) in [6, 6.07) is 78.4. The van der Waals surface area contributed by atoms with Crippen molar-refractivity contribution in [2.75, 3.05) is 0 Å². The van der Waals surface area contributed by atoms with E-state index in [-0.39, 0.29) is 0 Å². The summed E-state index contributed by atoms with van der Waals surface area (Å²) in [6.07, 6.45) is 0. The monoisotopic (exact) mass is 1000 g/mol. The van der Waals surface area contributed by atoms with Gasteiger partial charge < -0.3 is 9.13 Å². The molecule has 4 nitrogen and oxygen atoms in total. The summed E-state index contributed by atoms with van der Waals surface area (Å²) in [5, 5.41) is 16.5. The van der Waals surface area contributed by atoms with E-state index in [0.717, 1.165) is 99.8 Å². The lowest BCUT2D eigenvalue weighted by Gasteiger charge is -2.19. The molecule has 0 aliphatic rings. The van der Waals surface area contributed by atoms with E-state index < -0.39 is 0 Å². The molecule has 0 bridgehead atoms. The highest BCUT2D eigenvalue weighted by Crippen LogP contribution is 2.44. The van der Waals surface area contributed by atoms with Crippen LogP contribution in [0.1, 0.15) is 50.1 Å². The van der Waals surface area contributed by atoms with Crippen LogP contribution in [-0.4, -0.2) is 14.1 Å². The molecule has 3 heterocycles. The highest BCUT2D eigenvalue weighted by Gasteiger charge is 2.25. The van der Waals surface area contributed by atoms with E-state index in [1.807, 2.05) is 6.07 Å². The van der Waals surface area contributed by atoms with Crippen molar-refractivity contribution < 1.29 is 0 Å². The van der Waals surface area contributed by atoms with E-state index in [0.29, 0.717) is 5.56 Å². The van der Waals surface area contributed by atoms with Gasteiger partial charge in [-0.3, -0.25) is 0 Å². The first-order valence-electron chi connectivity index (χ1n) is 27.0. The van der Waals surface area contributed by atoms with Gasteiger partial charge >= 0.3 is 0 Å². The zero-order valence-corrected chi connectivity index (χ0v) is 45.4. The zero-order valence-electron chi connectivity index (χ0n) is 45.4. The molecule has 3 aromatic heterocycles. The first-order valence-corrected chi connectivity index (χ1v) is 27.0. The van der Waals surface area contributed by atoms with Gasteiger partial charge in [0.2, 0.25) is 0 Å². The summed E-state index contributed by atoms with van der Waals surface area (Å²) >= 11 is 0. The second kappa shape index (κ2) is 18.9. The van der Waals surface area contributed by atoms with Crippen molar-refractivity contribution in [3.05, 3.63) is 256 Å². The predicted molar refractivity (Wildman–Crippen MR) is 328 cm³/mol. The van der Waals surface area contributed by atoms with E-state index in [2.05, 4.69) is 271 Å². The summed E-state index contributed by atoms with van der Waals surface area (Å²) in [7, 11) is 0. The Hall–Kier alpha value is -9.56. The minimum Gasteiger partial charge on any atom is -0.308 e. The summed E-state index contributed by atoms with van der Waals surface area (Å²) < 4.78 is 4.66. The van der Waals surface area contributed by atoms with Gasteiger partial charge in [0.25, 0.3) is 0 Å². The van der Waals surface area contributed by atoms with E-state index >= 15 is 0 Å². The average Bonchev–Trinajstić information content (AvgIpc) is 4.14. The van der Waals surface area contributed by atoms with Crippen molar-refractivity contribution in [3.8, 4) is 84.5 Å². The Labute approximate surface area is 456 Å². The third kappa shape index (κ3) is 8.55. The molecule has 0 amide bonds. The van der Waals surface area contributed by atoms with Crippen LogP contribution < -0.4 is 0 Å². The zero-order chi connectivity index (χ0) is 53.5. The van der Waals surface area contributed by atoms with E-state index in [4.69, 9.17) is 4.98 Å². The second-order valence-corrected chi connectivity index (χ2v) is 21.9. The molecule has 10 aromatic carbocycles. The third-order valence-electron chi connectivity index (χ3n) is 15.6. The number of aryl methyl sites for hydroxylation is 8. The number of benzene rings is 10. The Morgan fingerprint density at radius 2 is 0.590 bits per heavy atom. The van der Waals surface area contributed by atoms with Crippen molar-refractivity contribution in [2.24, 2.45) is 0 Å². The smallest absolute Gasteiger partial charge is 0.104 e. The van der Waals surface area contributed by atoms with Crippen molar-refractivity contribution >= 4 is 43.6 Å². The van der Waals surface area contributed by atoms with Crippen LogP contribution in [0.4, 0.5) is 0 Å². The Morgan fingerprint density at radius 1 is 0.282 bits per heavy atom. The van der Waals surface area contributed by atoms with Crippen molar-refractivity contribution in [2.45, 2.75) is 55.4 Å². The molecule has 0 atom stereocenters. The summed E-state index contributed by atoms with van der Waals surface area (Å²) in [5.41, 5.74) is 28.9. The van der Waals surface area contributed by atoms with Gasteiger partial charge in [-0.1, -0.05) is 178 Å². The Balaban J connectivity index is 1.13. The molecule has 0 spiro atoms. The van der Waals surface area contributed by atoms with E-state index in [9.17, 15) is 5.26 Å². The number of pyridine rings is 1. The first-order chi connectivity index (χ1) is 37.8. The largest absolute Gasteiger partial charge is 0.308 e. The molecule has 0 N–H and O–H groups in total. The molecule has 0 unspecified atom stereocenters. The fraction of sp³-hybridized carbons (Fsp3) is 0.108. The molecule has 4 heteroatoms. The number of rotatable bonds is 8. The van der Waals surface area contributed by atoms with Crippen LogP contribution in [-0.2, 0) is 0 Å². The molecule has 374 valence electrons. The average molecular weight is 1000 g/mol. The summed E-state index contributed by atoms with van der Waals surface area (Å²) in [5.74, 6) is 0. The molecule has 0 radical (unpaired) electrons. The van der Waals surface area contributed by atoms with Gasteiger partial charge in [0.15, 0.2) is 0 Å². The summed E-state index contributed by atoms with van der Waals surface area (Å²) in [6.45, 7) is 17.3. The number of nitrogens with zero attached hydrogens (tertiary/aromatic N) is 4. The molecule has 0 fully saturated rings. The molecule has 13 rings (SSSR count). The lowest BCUT2D eigenvalue weighted by molar-refractivity contribution is 1.12. The van der Waals surface area contributed by atoms with Gasteiger partial charge in [-0.15, -0.1) is 0 Å². The fourth-order valence-corrected chi connectivity index (χ4v) is 12.4. The van der Waals surface area contributed by atoms with Crippen LogP contribution in [0.25, 0.3) is 122 Å². The van der Waals surface area contributed by atoms with Crippen LogP contribution in [0.5, 0.6) is 0 Å². The molecule has 0 saturated carbocycles. The fourth-order valence-electron chi connectivity index (χ4n) is 12.4. The van der Waals surface area contributed by atoms with Gasteiger partial charge in [0.05, 0.1) is 44.8 Å². The van der Waals surface area contributed by atoms with Crippen LogP contribution >= 0.6 is 0 Å². The molecular weight excluding hydrogens is 945 g/mol. The molecule has 13 aromatic rings. The van der Waals surface area contributed by atoms with E-state index in [1.165, 1.54) is 66.8 Å². The molecule has 0 saturated heterocycles. The Bertz CT molecular complexity index is 4110. The maximum Gasteiger partial charge on any atom is 0.104 e. The maximum absolute atomic E-state index is 12.0. The topological polar surface area (TPSA) is 46.5 Å². The van der Waals surface area contributed by atoms with Gasteiger partial charge in [-0.2, -0.15) is 5.26 Å². The third-order valence-corrected chi connectivity index (χ3v) is 15.6. The van der Waals surface area contributed by atoms with Gasteiger partial charge in [0.1, 0.15) is 11.6 Å². The van der Waals surface area contributed by atoms with Crippen molar-refractivity contribution in [1.29, 1.82) is 5.26 Å². The highest BCUT2D eigenvalue weighted by atomic mass is 15.0. The first kappa shape index (κ1) is 48.1. The lowest BCUT2D eigenvalue weighted by Crippen LogP contribution is -2.05. The van der Waals surface area contributed by atoms with Crippen LogP contribution in [0, 0.1) is 66.7 Å². The molecular formula is C74H58N4. The highest BCUT2D eigenvalue weighted by molar-refractivity contribution is 6.14. The quantitative estimate of drug-likeness (QED) is 0.152. The van der Waals surface area contributed by atoms with E-state index in [1.54, 1.807) is 0 Å². The lowest BCUT2D eigenvalue weighted by atomic mass is 9.97. The normalized spacial score (nSPS) is 11.6. The Morgan fingerprint density at radius 3 is 0.897 bits per heavy atom. The molecule has 78 heavy (non-hydrogen) atoms. The Kier molecular flexibility index (Phi) is 11.7.